The second-order valence-electron chi connectivity index (χ2n) is 4.16. The molecule has 0 spiro atoms. The van der Waals surface area contributed by atoms with E-state index in [4.69, 9.17) is 5.73 Å². The van der Waals surface area contributed by atoms with Gasteiger partial charge in [-0.3, -0.25) is 4.79 Å². The molecule has 1 unspecified atom stereocenters. The van der Waals surface area contributed by atoms with E-state index in [1.54, 1.807) is 6.92 Å². The number of amides is 1. The lowest BCUT2D eigenvalue weighted by Gasteiger charge is -2.15. The molecule has 1 amide bonds. The molecule has 0 aromatic heterocycles. The van der Waals surface area contributed by atoms with Gasteiger partial charge in [0.2, 0.25) is 5.91 Å². The second-order valence-corrected chi connectivity index (χ2v) is 5.08. The zero-order chi connectivity index (χ0) is 12.3. The van der Waals surface area contributed by atoms with Crippen molar-refractivity contribution in [2.75, 3.05) is 5.32 Å². The SMILES string of the molecule is CC(N)C(=O)Nc1ccc(Br)cc1C(C)C.Cl. The van der Waals surface area contributed by atoms with Crippen molar-refractivity contribution in [3.05, 3.63) is 28.2 Å². The molecule has 0 aliphatic heterocycles. The van der Waals surface area contributed by atoms with Crippen LogP contribution in [0.1, 0.15) is 32.3 Å². The molecule has 1 aromatic carbocycles. The first-order valence-electron chi connectivity index (χ1n) is 5.27. The van der Waals surface area contributed by atoms with Crippen LogP contribution in [0.15, 0.2) is 22.7 Å². The molecule has 0 aliphatic carbocycles. The summed E-state index contributed by atoms with van der Waals surface area (Å²) < 4.78 is 1.01. The smallest absolute Gasteiger partial charge is 0.241 e. The zero-order valence-corrected chi connectivity index (χ0v) is 12.6. The maximum absolute atomic E-state index is 11.5. The van der Waals surface area contributed by atoms with E-state index in [-0.39, 0.29) is 18.3 Å². The van der Waals surface area contributed by atoms with Gasteiger partial charge in [-0.1, -0.05) is 29.8 Å². The van der Waals surface area contributed by atoms with Crippen LogP contribution in [0.4, 0.5) is 5.69 Å². The quantitative estimate of drug-likeness (QED) is 0.897. The van der Waals surface area contributed by atoms with Gasteiger partial charge in [-0.15, -0.1) is 12.4 Å². The number of carbonyl (C=O) groups excluding carboxylic acids is 1. The fourth-order valence-corrected chi connectivity index (χ4v) is 1.75. The number of nitrogens with one attached hydrogen (secondary N) is 1. The highest BCUT2D eigenvalue weighted by atomic mass is 79.9. The fourth-order valence-electron chi connectivity index (χ4n) is 1.37. The Morgan fingerprint density at radius 1 is 1.35 bits per heavy atom. The molecular formula is C12H18BrClN2O. The summed E-state index contributed by atoms with van der Waals surface area (Å²) in [5, 5.41) is 2.83. The number of benzene rings is 1. The molecule has 0 radical (unpaired) electrons. The van der Waals surface area contributed by atoms with Crippen molar-refractivity contribution in [2.24, 2.45) is 5.73 Å². The van der Waals surface area contributed by atoms with Gasteiger partial charge >= 0.3 is 0 Å². The highest BCUT2D eigenvalue weighted by Gasteiger charge is 2.12. The van der Waals surface area contributed by atoms with Crippen molar-refractivity contribution in [2.45, 2.75) is 32.7 Å². The topological polar surface area (TPSA) is 55.1 Å². The van der Waals surface area contributed by atoms with E-state index in [1.165, 1.54) is 0 Å². The van der Waals surface area contributed by atoms with Gasteiger partial charge in [0.05, 0.1) is 6.04 Å². The van der Waals surface area contributed by atoms with Crippen molar-refractivity contribution in [1.82, 2.24) is 0 Å². The van der Waals surface area contributed by atoms with E-state index in [2.05, 4.69) is 35.1 Å². The summed E-state index contributed by atoms with van der Waals surface area (Å²) in [6, 6.07) is 5.31. The third-order valence-electron chi connectivity index (χ3n) is 2.31. The predicted octanol–water partition coefficient (Wildman–Crippen LogP) is 3.28. The van der Waals surface area contributed by atoms with E-state index in [0.29, 0.717) is 5.92 Å². The zero-order valence-electron chi connectivity index (χ0n) is 10.2. The highest BCUT2D eigenvalue weighted by molar-refractivity contribution is 9.10. The summed E-state index contributed by atoms with van der Waals surface area (Å²) in [6.07, 6.45) is 0. The van der Waals surface area contributed by atoms with Crippen molar-refractivity contribution in [1.29, 1.82) is 0 Å². The van der Waals surface area contributed by atoms with Crippen molar-refractivity contribution < 1.29 is 4.79 Å². The van der Waals surface area contributed by atoms with Crippen LogP contribution in [0.5, 0.6) is 0 Å². The fraction of sp³-hybridized carbons (Fsp3) is 0.417. The lowest BCUT2D eigenvalue weighted by Crippen LogP contribution is -2.32. The number of nitrogens with two attached hydrogens (primary N) is 1. The van der Waals surface area contributed by atoms with Crippen LogP contribution >= 0.6 is 28.3 Å². The van der Waals surface area contributed by atoms with Crippen LogP contribution in [0.25, 0.3) is 0 Å². The van der Waals surface area contributed by atoms with E-state index < -0.39 is 6.04 Å². The van der Waals surface area contributed by atoms with Crippen LogP contribution in [0, 0.1) is 0 Å². The minimum absolute atomic E-state index is 0. The van der Waals surface area contributed by atoms with Crippen LogP contribution in [-0.4, -0.2) is 11.9 Å². The minimum atomic E-state index is -0.497. The molecule has 96 valence electrons. The molecule has 0 aliphatic rings. The van der Waals surface area contributed by atoms with E-state index in [9.17, 15) is 4.79 Å². The maximum Gasteiger partial charge on any atom is 0.241 e. The Morgan fingerprint density at radius 2 is 1.94 bits per heavy atom. The molecule has 17 heavy (non-hydrogen) atoms. The Kier molecular flexibility index (Phi) is 6.75. The van der Waals surface area contributed by atoms with Gasteiger partial charge in [0.25, 0.3) is 0 Å². The standard InChI is InChI=1S/C12H17BrN2O.ClH/c1-7(2)10-6-9(13)4-5-11(10)15-12(16)8(3)14;/h4-8H,14H2,1-3H3,(H,15,16);1H. The number of hydrogen-bond acceptors (Lipinski definition) is 2. The third kappa shape index (κ3) is 4.66. The molecular weight excluding hydrogens is 304 g/mol. The van der Waals surface area contributed by atoms with Crippen LogP contribution in [0.2, 0.25) is 0 Å². The van der Waals surface area contributed by atoms with Gasteiger partial charge in [-0.2, -0.15) is 0 Å². The molecule has 1 rings (SSSR count). The first-order valence-corrected chi connectivity index (χ1v) is 6.07. The average Bonchev–Trinajstić information content (AvgIpc) is 2.20. The molecule has 5 heteroatoms. The highest BCUT2D eigenvalue weighted by Crippen LogP contribution is 2.27. The summed E-state index contributed by atoms with van der Waals surface area (Å²) in [5.74, 6) is 0.185. The molecule has 3 nitrogen and oxygen atoms in total. The van der Waals surface area contributed by atoms with Crippen LogP contribution in [-0.2, 0) is 4.79 Å². The molecule has 3 N–H and O–H groups in total. The number of halogens is 2. The Hall–Kier alpha value is -0.580. The predicted molar refractivity (Wildman–Crippen MR) is 77.8 cm³/mol. The molecule has 0 saturated heterocycles. The lowest BCUT2D eigenvalue weighted by atomic mass is 10.0. The van der Waals surface area contributed by atoms with Crippen molar-refractivity contribution in [3.8, 4) is 0 Å². The Balaban J connectivity index is 0.00000256. The number of carbonyl (C=O) groups is 1. The Bertz CT molecular complexity index is 394. The second kappa shape index (κ2) is 6.99. The van der Waals surface area contributed by atoms with Gasteiger partial charge in [-0.25, -0.2) is 0 Å². The monoisotopic (exact) mass is 320 g/mol. The summed E-state index contributed by atoms with van der Waals surface area (Å²) in [5.41, 5.74) is 7.45. The molecule has 0 saturated carbocycles. The van der Waals surface area contributed by atoms with Crippen molar-refractivity contribution >= 4 is 39.9 Å². The first kappa shape index (κ1) is 16.4. The molecule has 0 heterocycles. The Morgan fingerprint density at radius 3 is 2.41 bits per heavy atom. The number of rotatable bonds is 3. The average molecular weight is 322 g/mol. The van der Waals surface area contributed by atoms with Gasteiger partial charge < -0.3 is 11.1 Å². The van der Waals surface area contributed by atoms with Gasteiger partial charge in [0.15, 0.2) is 0 Å². The normalized spacial score (nSPS) is 11.9. The lowest BCUT2D eigenvalue weighted by molar-refractivity contribution is -0.117. The van der Waals surface area contributed by atoms with Crippen LogP contribution in [0.3, 0.4) is 0 Å². The molecule has 0 fully saturated rings. The summed E-state index contributed by atoms with van der Waals surface area (Å²) in [7, 11) is 0. The summed E-state index contributed by atoms with van der Waals surface area (Å²) in [4.78, 5) is 11.5. The summed E-state index contributed by atoms with van der Waals surface area (Å²) >= 11 is 3.42. The number of hydrogen-bond donors (Lipinski definition) is 2. The van der Waals surface area contributed by atoms with Crippen LogP contribution < -0.4 is 11.1 Å². The van der Waals surface area contributed by atoms with E-state index in [0.717, 1.165) is 15.7 Å². The third-order valence-corrected chi connectivity index (χ3v) is 2.80. The van der Waals surface area contributed by atoms with E-state index in [1.807, 2.05) is 18.2 Å². The first-order chi connectivity index (χ1) is 7.41. The van der Waals surface area contributed by atoms with Crippen molar-refractivity contribution in [3.63, 3.8) is 0 Å². The number of anilines is 1. The minimum Gasteiger partial charge on any atom is -0.324 e. The molecule has 1 aromatic rings. The largest absolute Gasteiger partial charge is 0.324 e. The van der Waals surface area contributed by atoms with Gasteiger partial charge in [0, 0.05) is 10.2 Å². The Labute approximate surface area is 117 Å². The summed E-state index contributed by atoms with van der Waals surface area (Å²) in [6.45, 7) is 5.84. The van der Waals surface area contributed by atoms with Gasteiger partial charge in [0.1, 0.15) is 0 Å². The van der Waals surface area contributed by atoms with Gasteiger partial charge in [-0.05, 0) is 36.6 Å². The molecule has 0 bridgehead atoms. The maximum atomic E-state index is 11.5. The molecule has 1 atom stereocenters. The van der Waals surface area contributed by atoms with E-state index >= 15 is 0 Å².